The van der Waals surface area contributed by atoms with Gasteiger partial charge in [-0.1, -0.05) is 66.2 Å². The number of halogens is 1. The standard InChI is InChI=1S/C31H22ClN5O3/c1-18(36-30-26-24(39)13-14-33-29(26)34-17-35-30)28-27(32)23-12-6-11-22(20-8-5-7-19(15-20)16-38)25(23)31(40)37(28)21-9-3-2-4-10-21/h2-18H,1H3,(H2,33,34,35,36,39)/t18-/m0/s1. The van der Waals surface area contributed by atoms with Gasteiger partial charge in [-0.15, -0.1) is 0 Å². The maximum Gasteiger partial charge on any atom is 0.263 e. The van der Waals surface area contributed by atoms with E-state index in [0.717, 1.165) is 11.8 Å². The monoisotopic (exact) mass is 547 g/mol. The van der Waals surface area contributed by atoms with E-state index in [9.17, 15) is 14.4 Å². The van der Waals surface area contributed by atoms with E-state index >= 15 is 0 Å². The number of aromatic amines is 1. The normalized spacial score (nSPS) is 11.9. The Morgan fingerprint density at radius 2 is 1.75 bits per heavy atom. The second kappa shape index (κ2) is 10.2. The fraction of sp³-hybridized carbons (Fsp3) is 0.0645. The van der Waals surface area contributed by atoms with Gasteiger partial charge in [0.25, 0.3) is 5.56 Å². The first kappa shape index (κ1) is 25.2. The zero-order valence-electron chi connectivity index (χ0n) is 21.3. The van der Waals surface area contributed by atoms with Crippen LogP contribution >= 0.6 is 11.6 Å². The molecule has 0 saturated carbocycles. The van der Waals surface area contributed by atoms with Crippen molar-refractivity contribution in [3.8, 4) is 16.8 Å². The largest absolute Gasteiger partial charge is 0.361 e. The molecule has 0 unspecified atom stereocenters. The number of carbonyl (C=O) groups is 1. The Hall–Kier alpha value is -5.08. The topological polar surface area (TPSA) is 110 Å². The number of para-hydroxylation sites is 1. The molecular formula is C31H22ClN5O3. The lowest BCUT2D eigenvalue weighted by Crippen LogP contribution is -2.27. The quantitative estimate of drug-likeness (QED) is 0.250. The van der Waals surface area contributed by atoms with E-state index in [2.05, 4.69) is 20.3 Å². The molecule has 3 heterocycles. The summed E-state index contributed by atoms with van der Waals surface area (Å²) in [4.78, 5) is 50.0. The molecule has 0 radical (unpaired) electrons. The number of carbonyl (C=O) groups excluding carboxylic acids is 1. The summed E-state index contributed by atoms with van der Waals surface area (Å²) in [6.07, 6.45) is 3.66. The van der Waals surface area contributed by atoms with Crippen LogP contribution in [0.5, 0.6) is 0 Å². The number of nitrogens with one attached hydrogen (secondary N) is 2. The van der Waals surface area contributed by atoms with Gasteiger partial charge in [0.15, 0.2) is 5.43 Å². The van der Waals surface area contributed by atoms with Gasteiger partial charge >= 0.3 is 0 Å². The third-order valence-electron chi connectivity index (χ3n) is 6.84. The zero-order chi connectivity index (χ0) is 27.8. The van der Waals surface area contributed by atoms with Gasteiger partial charge in [0.1, 0.15) is 29.5 Å². The molecule has 0 bridgehead atoms. The number of benzene rings is 3. The van der Waals surface area contributed by atoms with E-state index in [4.69, 9.17) is 11.6 Å². The van der Waals surface area contributed by atoms with E-state index in [1.54, 1.807) is 22.8 Å². The Balaban J connectivity index is 1.62. The molecule has 6 rings (SSSR count). The number of hydrogen-bond donors (Lipinski definition) is 2. The van der Waals surface area contributed by atoms with Crippen molar-refractivity contribution in [2.45, 2.75) is 13.0 Å². The van der Waals surface area contributed by atoms with Crippen LogP contribution in [0.15, 0.2) is 101 Å². The molecule has 0 fully saturated rings. The molecule has 8 nitrogen and oxygen atoms in total. The predicted molar refractivity (Wildman–Crippen MR) is 158 cm³/mol. The molecule has 0 aliphatic rings. The molecule has 0 aliphatic heterocycles. The number of H-pyrrole nitrogens is 1. The number of rotatable bonds is 6. The summed E-state index contributed by atoms with van der Waals surface area (Å²) in [6, 6.07) is 22.7. The summed E-state index contributed by atoms with van der Waals surface area (Å²) in [5.74, 6) is 0.321. The van der Waals surface area contributed by atoms with Crippen molar-refractivity contribution in [1.29, 1.82) is 0 Å². The highest BCUT2D eigenvalue weighted by molar-refractivity contribution is 6.36. The van der Waals surface area contributed by atoms with Crippen LogP contribution in [0.3, 0.4) is 0 Å². The smallest absolute Gasteiger partial charge is 0.263 e. The van der Waals surface area contributed by atoms with Crippen molar-refractivity contribution in [2.24, 2.45) is 0 Å². The lowest BCUT2D eigenvalue weighted by molar-refractivity contribution is 0.112. The number of fused-ring (bicyclic) bond motifs is 2. The Labute approximate surface area is 232 Å². The van der Waals surface area contributed by atoms with Crippen LogP contribution in [-0.2, 0) is 0 Å². The maximum absolute atomic E-state index is 14.4. The Kier molecular flexibility index (Phi) is 6.45. The maximum atomic E-state index is 14.4. The summed E-state index contributed by atoms with van der Waals surface area (Å²) in [7, 11) is 0. The molecule has 6 aromatic rings. The summed E-state index contributed by atoms with van der Waals surface area (Å²) in [5, 5.41) is 4.97. The zero-order valence-corrected chi connectivity index (χ0v) is 22.0. The fourth-order valence-corrected chi connectivity index (χ4v) is 5.46. The van der Waals surface area contributed by atoms with E-state index in [-0.39, 0.29) is 11.0 Å². The SMILES string of the molecule is C[C@H](Nc1ncnc2[nH]ccc(=O)c12)c1c(Cl)c2cccc(-c3cccc(C=O)c3)c2c(=O)n1-c1ccccc1. The molecule has 0 aliphatic carbocycles. The van der Waals surface area contributed by atoms with E-state index < -0.39 is 6.04 Å². The molecule has 3 aromatic heterocycles. The van der Waals surface area contributed by atoms with E-state index in [0.29, 0.717) is 55.2 Å². The summed E-state index contributed by atoms with van der Waals surface area (Å²) >= 11 is 7.14. The Morgan fingerprint density at radius 3 is 2.55 bits per heavy atom. The molecule has 40 heavy (non-hydrogen) atoms. The van der Waals surface area contributed by atoms with Gasteiger partial charge in [0.2, 0.25) is 0 Å². The molecule has 1 atom stereocenters. The molecule has 0 spiro atoms. The van der Waals surface area contributed by atoms with Crippen molar-refractivity contribution in [2.75, 3.05) is 5.32 Å². The number of anilines is 1. The molecule has 3 aromatic carbocycles. The number of hydrogen-bond acceptors (Lipinski definition) is 6. The van der Waals surface area contributed by atoms with Crippen molar-refractivity contribution < 1.29 is 4.79 Å². The highest BCUT2D eigenvalue weighted by Gasteiger charge is 2.24. The predicted octanol–water partition coefficient (Wildman–Crippen LogP) is 5.93. The first-order chi connectivity index (χ1) is 19.5. The van der Waals surface area contributed by atoms with E-state index in [1.807, 2.05) is 61.5 Å². The number of nitrogens with zero attached hydrogens (tertiary/aromatic N) is 3. The van der Waals surface area contributed by atoms with Crippen LogP contribution in [0.2, 0.25) is 5.02 Å². The van der Waals surface area contributed by atoms with Gasteiger partial charge in [-0.05, 0) is 36.2 Å². The minimum Gasteiger partial charge on any atom is -0.361 e. The van der Waals surface area contributed by atoms with Crippen molar-refractivity contribution >= 4 is 45.5 Å². The molecule has 196 valence electrons. The van der Waals surface area contributed by atoms with Crippen molar-refractivity contribution in [3.63, 3.8) is 0 Å². The number of aromatic nitrogens is 4. The van der Waals surface area contributed by atoms with Crippen LogP contribution in [0.4, 0.5) is 5.82 Å². The molecule has 9 heteroatoms. The Bertz CT molecular complexity index is 2030. The molecule has 0 amide bonds. The van der Waals surface area contributed by atoms with Gasteiger partial charge in [0, 0.05) is 28.9 Å². The van der Waals surface area contributed by atoms with Gasteiger partial charge < -0.3 is 10.3 Å². The third kappa shape index (κ3) is 4.24. The average molecular weight is 548 g/mol. The second-order valence-corrected chi connectivity index (χ2v) is 9.68. The fourth-order valence-electron chi connectivity index (χ4n) is 5.05. The summed E-state index contributed by atoms with van der Waals surface area (Å²) in [6.45, 7) is 1.86. The lowest BCUT2D eigenvalue weighted by atomic mass is 9.96. The first-order valence-corrected chi connectivity index (χ1v) is 12.9. The van der Waals surface area contributed by atoms with Crippen LogP contribution in [0.25, 0.3) is 38.6 Å². The van der Waals surface area contributed by atoms with Gasteiger partial charge in [-0.3, -0.25) is 19.0 Å². The average Bonchev–Trinajstić information content (AvgIpc) is 2.99. The Morgan fingerprint density at radius 1 is 0.950 bits per heavy atom. The van der Waals surface area contributed by atoms with Crippen LogP contribution < -0.4 is 16.3 Å². The van der Waals surface area contributed by atoms with Crippen molar-refractivity contribution in [1.82, 2.24) is 19.5 Å². The minimum absolute atomic E-state index is 0.240. The second-order valence-electron chi connectivity index (χ2n) is 9.30. The minimum atomic E-state index is -0.551. The van der Waals surface area contributed by atoms with Gasteiger partial charge in [-0.2, -0.15) is 0 Å². The van der Waals surface area contributed by atoms with Gasteiger partial charge in [-0.25, -0.2) is 9.97 Å². The van der Waals surface area contributed by atoms with E-state index in [1.165, 1.54) is 18.6 Å². The van der Waals surface area contributed by atoms with Crippen molar-refractivity contribution in [3.05, 3.63) is 128 Å². The van der Waals surface area contributed by atoms with Crippen LogP contribution in [0, 0.1) is 0 Å². The summed E-state index contributed by atoms with van der Waals surface area (Å²) < 4.78 is 1.59. The highest BCUT2D eigenvalue weighted by Crippen LogP contribution is 2.36. The molecule has 2 N–H and O–H groups in total. The van der Waals surface area contributed by atoms with Crippen LogP contribution in [0.1, 0.15) is 29.0 Å². The van der Waals surface area contributed by atoms with Gasteiger partial charge in [0.05, 0.1) is 22.1 Å². The number of aldehydes is 1. The third-order valence-corrected chi connectivity index (χ3v) is 7.24. The number of pyridine rings is 2. The van der Waals surface area contributed by atoms with Crippen LogP contribution in [-0.4, -0.2) is 25.8 Å². The first-order valence-electron chi connectivity index (χ1n) is 12.5. The highest BCUT2D eigenvalue weighted by atomic mass is 35.5. The molecular weight excluding hydrogens is 526 g/mol. The molecule has 0 saturated heterocycles. The summed E-state index contributed by atoms with van der Waals surface area (Å²) in [5.41, 5.74) is 2.91. The lowest BCUT2D eigenvalue weighted by Gasteiger charge is -2.24.